The minimum atomic E-state index is -0.706. The molecule has 3 rings (SSSR count). The number of halogens is 1. The first-order valence-corrected chi connectivity index (χ1v) is 9.80. The van der Waals surface area contributed by atoms with Crippen molar-refractivity contribution in [2.24, 2.45) is 4.99 Å². The summed E-state index contributed by atoms with van der Waals surface area (Å²) in [5.41, 5.74) is 2.95. The van der Waals surface area contributed by atoms with Crippen LogP contribution in [0.1, 0.15) is 31.1 Å². The van der Waals surface area contributed by atoms with Gasteiger partial charge in [0, 0.05) is 4.47 Å². The Hall–Kier alpha value is -2.40. The fraction of sp³-hybridized carbons (Fsp3) is 0.333. The Morgan fingerprint density at radius 1 is 1.25 bits per heavy atom. The molecule has 2 aromatic rings. The largest absolute Gasteiger partial charge is 0.348 e. The SMILES string of the molecule is Cc1ccc(NC(=NC2COC(C)(C)OC2c2ccccc2)NC#N)c(Br)c1. The van der Waals surface area contributed by atoms with E-state index in [-0.39, 0.29) is 12.1 Å². The number of ether oxygens (including phenoxy) is 2. The molecule has 0 aliphatic carbocycles. The Balaban J connectivity index is 1.90. The summed E-state index contributed by atoms with van der Waals surface area (Å²) in [6.07, 6.45) is 1.65. The van der Waals surface area contributed by atoms with Gasteiger partial charge in [-0.3, -0.25) is 5.32 Å². The van der Waals surface area contributed by atoms with Crippen LogP contribution in [0.2, 0.25) is 0 Å². The Labute approximate surface area is 173 Å². The summed E-state index contributed by atoms with van der Waals surface area (Å²) in [7, 11) is 0. The van der Waals surface area contributed by atoms with Crippen LogP contribution in [0, 0.1) is 18.4 Å². The number of rotatable bonds is 3. The van der Waals surface area contributed by atoms with E-state index in [0.717, 1.165) is 21.3 Å². The Morgan fingerprint density at radius 3 is 2.68 bits per heavy atom. The van der Waals surface area contributed by atoms with E-state index < -0.39 is 5.79 Å². The van der Waals surface area contributed by atoms with Gasteiger partial charge in [-0.05, 0) is 60.0 Å². The van der Waals surface area contributed by atoms with Crippen molar-refractivity contribution < 1.29 is 9.47 Å². The third kappa shape index (κ3) is 5.10. The molecule has 1 heterocycles. The van der Waals surface area contributed by atoms with E-state index in [0.29, 0.717) is 12.6 Å². The van der Waals surface area contributed by atoms with Crippen molar-refractivity contribution >= 4 is 27.6 Å². The molecule has 2 atom stereocenters. The lowest BCUT2D eigenvalue weighted by Crippen LogP contribution is -2.44. The number of anilines is 1. The summed E-state index contributed by atoms with van der Waals surface area (Å²) in [6.45, 7) is 6.16. The Bertz CT molecular complexity index is 893. The van der Waals surface area contributed by atoms with E-state index >= 15 is 0 Å². The highest BCUT2D eigenvalue weighted by Gasteiger charge is 2.37. The topological polar surface area (TPSA) is 78.7 Å². The van der Waals surface area contributed by atoms with Crippen LogP contribution in [0.25, 0.3) is 0 Å². The second kappa shape index (κ2) is 8.74. The lowest BCUT2D eigenvalue weighted by Gasteiger charge is -2.40. The second-order valence-electron chi connectivity index (χ2n) is 7.05. The monoisotopic (exact) mass is 442 g/mol. The highest BCUT2D eigenvalue weighted by Crippen LogP contribution is 2.34. The summed E-state index contributed by atoms with van der Waals surface area (Å²) >= 11 is 3.54. The molecule has 146 valence electrons. The predicted molar refractivity (Wildman–Crippen MR) is 113 cm³/mol. The molecule has 0 saturated carbocycles. The van der Waals surface area contributed by atoms with Gasteiger partial charge in [-0.1, -0.05) is 36.4 Å². The standard InChI is InChI=1S/C21H23BrN4O2/c1-14-9-10-17(16(22)11-14)25-20(24-13-23)26-18-12-27-21(2,3)28-19(18)15-7-5-4-6-8-15/h4-11,18-19H,12H2,1-3H3,(H2,24,25,26). The van der Waals surface area contributed by atoms with Crippen LogP contribution in [0.3, 0.4) is 0 Å². The van der Waals surface area contributed by atoms with Gasteiger partial charge in [0.2, 0.25) is 5.96 Å². The van der Waals surface area contributed by atoms with Crippen LogP contribution in [0.5, 0.6) is 0 Å². The van der Waals surface area contributed by atoms with Gasteiger partial charge >= 0.3 is 0 Å². The van der Waals surface area contributed by atoms with Gasteiger partial charge in [-0.15, -0.1) is 0 Å². The van der Waals surface area contributed by atoms with Crippen LogP contribution in [-0.2, 0) is 9.47 Å². The molecule has 2 unspecified atom stereocenters. The van der Waals surface area contributed by atoms with Gasteiger partial charge in [-0.2, -0.15) is 5.26 Å². The maximum absolute atomic E-state index is 9.17. The number of benzene rings is 2. The van der Waals surface area contributed by atoms with Gasteiger partial charge in [-0.25, -0.2) is 4.99 Å². The third-order valence-corrected chi connectivity index (χ3v) is 4.99. The van der Waals surface area contributed by atoms with Crippen molar-refractivity contribution in [3.63, 3.8) is 0 Å². The molecule has 6 nitrogen and oxygen atoms in total. The number of hydrogen-bond donors (Lipinski definition) is 2. The minimum Gasteiger partial charge on any atom is -0.348 e. The summed E-state index contributed by atoms with van der Waals surface area (Å²) < 4.78 is 12.9. The first kappa shape index (κ1) is 20.3. The third-order valence-electron chi connectivity index (χ3n) is 4.34. The molecular weight excluding hydrogens is 420 g/mol. The predicted octanol–water partition coefficient (Wildman–Crippen LogP) is 4.49. The minimum absolute atomic E-state index is 0.288. The zero-order valence-corrected chi connectivity index (χ0v) is 17.7. The smallest absolute Gasteiger partial charge is 0.209 e. The molecule has 2 aromatic carbocycles. The molecule has 0 aromatic heterocycles. The molecule has 1 aliphatic heterocycles. The fourth-order valence-corrected chi connectivity index (χ4v) is 3.59. The van der Waals surface area contributed by atoms with Crippen molar-refractivity contribution in [2.75, 3.05) is 11.9 Å². The Morgan fingerprint density at radius 2 is 2.00 bits per heavy atom. The average Bonchev–Trinajstić information content (AvgIpc) is 2.66. The molecule has 7 heteroatoms. The van der Waals surface area contributed by atoms with Gasteiger partial charge in [0.1, 0.15) is 12.1 Å². The second-order valence-corrected chi connectivity index (χ2v) is 7.90. The Kier molecular flexibility index (Phi) is 6.35. The summed E-state index contributed by atoms with van der Waals surface area (Å²) in [4.78, 5) is 4.71. The molecule has 0 bridgehead atoms. The fourth-order valence-electron chi connectivity index (χ4n) is 2.99. The number of hydrogen-bond acceptors (Lipinski definition) is 4. The number of guanidine groups is 1. The van der Waals surface area contributed by atoms with E-state index in [9.17, 15) is 0 Å². The first-order valence-electron chi connectivity index (χ1n) is 9.01. The van der Waals surface area contributed by atoms with Crippen molar-refractivity contribution in [3.8, 4) is 6.19 Å². The van der Waals surface area contributed by atoms with Gasteiger partial charge in [0.05, 0.1) is 12.3 Å². The van der Waals surface area contributed by atoms with Crippen LogP contribution in [0.4, 0.5) is 5.69 Å². The number of aryl methyl sites for hydroxylation is 1. The zero-order chi connectivity index (χ0) is 20.1. The van der Waals surface area contributed by atoms with Crippen LogP contribution >= 0.6 is 15.9 Å². The molecule has 1 aliphatic rings. The molecule has 0 spiro atoms. The van der Waals surface area contributed by atoms with Crippen molar-refractivity contribution in [3.05, 3.63) is 64.1 Å². The molecule has 0 amide bonds. The highest BCUT2D eigenvalue weighted by atomic mass is 79.9. The molecule has 0 radical (unpaired) electrons. The highest BCUT2D eigenvalue weighted by molar-refractivity contribution is 9.10. The summed E-state index contributed by atoms with van der Waals surface area (Å²) in [5.74, 6) is -0.368. The molecule has 28 heavy (non-hydrogen) atoms. The molecule has 1 fully saturated rings. The van der Waals surface area contributed by atoms with E-state index in [2.05, 4.69) is 26.6 Å². The van der Waals surface area contributed by atoms with Gasteiger partial charge < -0.3 is 14.8 Å². The number of nitrogens with zero attached hydrogens (tertiary/aromatic N) is 2. The maximum atomic E-state index is 9.17. The first-order chi connectivity index (χ1) is 13.4. The molecular formula is C21H23BrN4O2. The van der Waals surface area contributed by atoms with E-state index in [1.807, 2.05) is 75.5 Å². The van der Waals surface area contributed by atoms with Crippen molar-refractivity contribution in [2.45, 2.75) is 38.7 Å². The normalized spacial score (nSPS) is 21.6. The zero-order valence-electron chi connectivity index (χ0n) is 16.1. The van der Waals surface area contributed by atoms with Gasteiger partial charge in [0.25, 0.3) is 0 Å². The average molecular weight is 443 g/mol. The van der Waals surface area contributed by atoms with E-state index in [1.165, 1.54) is 0 Å². The summed E-state index contributed by atoms with van der Waals surface area (Å²) in [5, 5.41) is 15.0. The van der Waals surface area contributed by atoms with E-state index in [1.54, 1.807) is 0 Å². The molecule has 1 saturated heterocycles. The lowest BCUT2D eigenvalue weighted by molar-refractivity contribution is -0.281. The van der Waals surface area contributed by atoms with Gasteiger partial charge in [0.15, 0.2) is 12.0 Å². The van der Waals surface area contributed by atoms with Crippen LogP contribution < -0.4 is 10.6 Å². The number of nitriles is 1. The van der Waals surface area contributed by atoms with Crippen LogP contribution in [-0.4, -0.2) is 24.4 Å². The lowest BCUT2D eigenvalue weighted by atomic mass is 10.0. The number of aliphatic imine (C=N–C) groups is 1. The number of nitrogens with one attached hydrogen (secondary N) is 2. The van der Waals surface area contributed by atoms with Crippen molar-refractivity contribution in [1.82, 2.24) is 5.32 Å². The van der Waals surface area contributed by atoms with Crippen molar-refractivity contribution in [1.29, 1.82) is 5.26 Å². The van der Waals surface area contributed by atoms with Crippen LogP contribution in [0.15, 0.2) is 58.0 Å². The quantitative estimate of drug-likeness (QED) is 0.316. The summed E-state index contributed by atoms with van der Waals surface area (Å²) in [6, 6.07) is 15.5. The maximum Gasteiger partial charge on any atom is 0.209 e. The van der Waals surface area contributed by atoms with E-state index in [4.69, 9.17) is 19.7 Å². The molecule has 2 N–H and O–H groups in total.